The summed E-state index contributed by atoms with van der Waals surface area (Å²) in [5.41, 5.74) is 8.01. The molecule has 7 nitrogen and oxygen atoms in total. The van der Waals surface area contributed by atoms with Gasteiger partial charge in [0.15, 0.2) is 20.7 Å². The first-order valence-electron chi connectivity index (χ1n) is 9.98. The lowest BCUT2D eigenvalue weighted by atomic mass is 10.0. The highest BCUT2D eigenvalue weighted by atomic mass is 32.2. The van der Waals surface area contributed by atoms with E-state index in [1.165, 1.54) is 17.4 Å². The van der Waals surface area contributed by atoms with E-state index in [0.29, 0.717) is 35.6 Å². The number of nitrogens with zero attached hydrogens (tertiary/aromatic N) is 3. The lowest BCUT2D eigenvalue weighted by Gasteiger charge is -2.10. The van der Waals surface area contributed by atoms with Crippen molar-refractivity contribution in [2.75, 3.05) is 19.4 Å². The Morgan fingerprint density at radius 2 is 2.00 bits per heavy atom. The molecule has 0 saturated heterocycles. The number of hydrogen-bond acceptors (Lipinski definition) is 6. The van der Waals surface area contributed by atoms with Crippen LogP contribution in [-0.2, 0) is 16.3 Å². The lowest BCUT2D eigenvalue weighted by Crippen LogP contribution is -2.14. The Morgan fingerprint density at radius 3 is 2.71 bits per heavy atom. The molecule has 0 spiro atoms. The Balaban J connectivity index is 1.74. The second-order valence-corrected chi connectivity index (χ2v) is 10.5. The van der Waals surface area contributed by atoms with Crippen molar-refractivity contribution in [2.24, 2.45) is 15.7 Å². The van der Waals surface area contributed by atoms with E-state index in [1.54, 1.807) is 30.3 Å². The van der Waals surface area contributed by atoms with Gasteiger partial charge in [0.2, 0.25) is 0 Å². The molecule has 0 radical (unpaired) electrons. The van der Waals surface area contributed by atoms with Gasteiger partial charge in [-0.1, -0.05) is 18.2 Å². The fraction of sp³-hybridized carbons (Fsp3) is 0.227. The molecule has 3 aromatic rings. The first kappa shape index (κ1) is 23.9. The van der Waals surface area contributed by atoms with Gasteiger partial charge >= 0.3 is 6.18 Å². The van der Waals surface area contributed by atoms with Gasteiger partial charge in [0.05, 0.1) is 23.5 Å². The molecule has 0 atom stereocenters. The minimum Gasteiger partial charge on any atom is -0.492 e. The molecule has 1 aromatic heterocycles. The zero-order valence-electron chi connectivity index (χ0n) is 17.8. The maximum absolute atomic E-state index is 12.7. The van der Waals surface area contributed by atoms with Crippen molar-refractivity contribution in [3.63, 3.8) is 0 Å². The highest BCUT2D eigenvalue weighted by Gasteiger charge is 2.28. The summed E-state index contributed by atoms with van der Waals surface area (Å²) < 4.78 is 67.7. The number of aromatic nitrogens is 1. The second kappa shape index (κ2) is 9.18. The number of halogens is 3. The predicted molar refractivity (Wildman–Crippen MR) is 125 cm³/mol. The van der Waals surface area contributed by atoms with Gasteiger partial charge in [-0.25, -0.2) is 18.4 Å². The summed E-state index contributed by atoms with van der Waals surface area (Å²) >= 11 is 1.19. The maximum atomic E-state index is 12.7. The highest BCUT2D eigenvalue weighted by molar-refractivity contribution is 7.90. The molecule has 2 N–H and O–H groups in total. The SMILES string of the molecule is CS(=O)(=O)c1cccc(-c2ccc3c(c2)OCCc2sc(C(N=CN)=NCC(F)(F)F)nc2-3)c1. The van der Waals surface area contributed by atoms with E-state index >= 15 is 0 Å². The van der Waals surface area contributed by atoms with Gasteiger partial charge in [0, 0.05) is 23.1 Å². The largest absolute Gasteiger partial charge is 0.492 e. The molecule has 12 heteroatoms. The van der Waals surface area contributed by atoms with Crippen LogP contribution in [0.5, 0.6) is 5.75 Å². The van der Waals surface area contributed by atoms with Gasteiger partial charge in [-0.3, -0.25) is 4.99 Å². The number of nitrogens with two attached hydrogens (primary N) is 1. The van der Waals surface area contributed by atoms with E-state index in [1.807, 2.05) is 6.07 Å². The molecule has 4 rings (SSSR count). The summed E-state index contributed by atoms with van der Waals surface area (Å²) in [6, 6.07) is 12.0. The summed E-state index contributed by atoms with van der Waals surface area (Å²) in [5.74, 6) is 0.351. The van der Waals surface area contributed by atoms with Crippen molar-refractivity contribution in [1.29, 1.82) is 0 Å². The fourth-order valence-electron chi connectivity index (χ4n) is 3.40. The third-order valence-electron chi connectivity index (χ3n) is 4.91. The predicted octanol–water partition coefficient (Wildman–Crippen LogP) is 4.11. The molecule has 0 amide bonds. The quantitative estimate of drug-likeness (QED) is 0.422. The van der Waals surface area contributed by atoms with Gasteiger partial charge in [-0.05, 0) is 35.4 Å². The number of sulfone groups is 1. The zero-order chi connectivity index (χ0) is 24.5. The molecule has 34 heavy (non-hydrogen) atoms. The Labute approximate surface area is 197 Å². The van der Waals surface area contributed by atoms with Gasteiger partial charge in [0.25, 0.3) is 0 Å². The molecule has 2 aromatic carbocycles. The van der Waals surface area contributed by atoms with Crippen molar-refractivity contribution in [2.45, 2.75) is 17.5 Å². The van der Waals surface area contributed by atoms with E-state index in [-0.39, 0.29) is 15.7 Å². The average Bonchev–Trinajstić information content (AvgIpc) is 3.11. The normalized spacial score (nSPS) is 14.4. The van der Waals surface area contributed by atoms with Crippen LogP contribution in [0.2, 0.25) is 0 Å². The van der Waals surface area contributed by atoms with Crippen LogP contribution in [0.3, 0.4) is 0 Å². The molecule has 0 aliphatic carbocycles. The smallest absolute Gasteiger partial charge is 0.408 e. The van der Waals surface area contributed by atoms with Crippen LogP contribution < -0.4 is 10.5 Å². The van der Waals surface area contributed by atoms with Gasteiger partial charge in [0.1, 0.15) is 12.3 Å². The Kier molecular flexibility index (Phi) is 6.45. The third kappa shape index (κ3) is 5.28. The summed E-state index contributed by atoms with van der Waals surface area (Å²) in [4.78, 5) is 12.9. The number of ether oxygens (including phenoxy) is 1. The first-order chi connectivity index (χ1) is 16.0. The summed E-state index contributed by atoms with van der Waals surface area (Å²) in [5, 5.41) is 0.230. The van der Waals surface area contributed by atoms with Crippen LogP contribution in [0.1, 0.15) is 9.88 Å². The molecule has 178 valence electrons. The van der Waals surface area contributed by atoms with E-state index in [4.69, 9.17) is 10.5 Å². The summed E-state index contributed by atoms with van der Waals surface area (Å²) in [6.45, 7) is -1.05. The van der Waals surface area contributed by atoms with Gasteiger partial charge < -0.3 is 10.5 Å². The van der Waals surface area contributed by atoms with Crippen molar-refractivity contribution < 1.29 is 26.3 Å². The van der Waals surface area contributed by atoms with E-state index < -0.39 is 22.6 Å². The van der Waals surface area contributed by atoms with Crippen molar-refractivity contribution >= 4 is 33.3 Å². The monoisotopic (exact) mass is 508 g/mol. The van der Waals surface area contributed by atoms with Crippen molar-refractivity contribution in [1.82, 2.24) is 4.98 Å². The molecule has 0 unspecified atom stereocenters. The zero-order valence-corrected chi connectivity index (χ0v) is 19.5. The molecule has 0 bridgehead atoms. The van der Waals surface area contributed by atoms with Crippen LogP contribution in [0, 0.1) is 0 Å². The topological polar surface area (TPSA) is 107 Å². The lowest BCUT2D eigenvalue weighted by molar-refractivity contribution is -0.118. The van der Waals surface area contributed by atoms with Gasteiger partial charge in [-0.15, -0.1) is 11.3 Å². The highest BCUT2D eigenvalue weighted by Crippen LogP contribution is 2.40. The Hall–Kier alpha value is -3.25. The standard InChI is InChI=1S/C22H19F3N4O3S2/c1-34(30,31)15-4-2-3-13(9-15)14-5-6-16-17(10-14)32-8-7-18-19(16)29-21(33-18)20(28-12-26)27-11-22(23,24)25/h2-6,9-10,12H,7-8,11H2,1H3,(H2,26,27,28). The molecular formula is C22H19F3N4O3S2. The maximum Gasteiger partial charge on any atom is 0.408 e. The van der Waals surface area contributed by atoms with E-state index in [2.05, 4.69) is 15.0 Å². The average molecular weight is 509 g/mol. The first-order valence-corrected chi connectivity index (χ1v) is 12.7. The van der Waals surface area contributed by atoms with Crippen LogP contribution in [0.15, 0.2) is 57.3 Å². The summed E-state index contributed by atoms with van der Waals surface area (Å²) in [6.07, 6.45) is -1.95. The number of alkyl halides is 3. The molecule has 0 fully saturated rings. The molecule has 1 aliphatic rings. The molecule has 1 aliphatic heterocycles. The fourth-order valence-corrected chi connectivity index (χ4v) is 5.09. The van der Waals surface area contributed by atoms with Crippen LogP contribution >= 0.6 is 11.3 Å². The third-order valence-corrected chi connectivity index (χ3v) is 7.13. The number of rotatable bonds is 4. The molecule has 0 saturated carbocycles. The molecular weight excluding hydrogens is 489 g/mol. The van der Waals surface area contributed by atoms with E-state index in [0.717, 1.165) is 23.0 Å². The molecule has 2 heterocycles. The number of thiazole rings is 1. The van der Waals surface area contributed by atoms with Gasteiger partial charge in [-0.2, -0.15) is 13.2 Å². The van der Waals surface area contributed by atoms with Crippen molar-refractivity contribution in [3.8, 4) is 28.1 Å². The van der Waals surface area contributed by atoms with Crippen molar-refractivity contribution in [3.05, 3.63) is 52.3 Å². The van der Waals surface area contributed by atoms with E-state index in [9.17, 15) is 21.6 Å². The Morgan fingerprint density at radius 1 is 1.24 bits per heavy atom. The van der Waals surface area contributed by atoms with Crippen LogP contribution in [0.25, 0.3) is 22.4 Å². The van der Waals surface area contributed by atoms with Crippen LogP contribution in [0.4, 0.5) is 13.2 Å². The number of amidine groups is 1. The minimum atomic E-state index is -4.48. The number of hydrogen-bond donors (Lipinski definition) is 1. The second-order valence-electron chi connectivity index (χ2n) is 7.43. The number of aliphatic imine (C=N–C) groups is 2. The van der Waals surface area contributed by atoms with Crippen LogP contribution in [-0.4, -0.2) is 51.2 Å². The number of fused-ring (bicyclic) bond motifs is 3. The summed E-state index contributed by atoms with van der Waals surface area (Å²) in [7, 11) is -3.36. The minimum absolute atomic E-state index is 0.186. The Bertz CT molecular complexity index is 1400. The number of benzene rings is 2.